The number of hydrogen-bond acceptors (Lipinski definition) is 3. The summed E-state index contributed by atoms with van der Waals surface area (Å²) in [6.07, 6.45) is 0. The molecule has 0 aliphatic rings. The van der Waals surface area contributed by atoms with Crippen LogP contribution in [0.3, 0.4) is 0 Å². The molecule has 0 spiro atoms. The van der Waals surface area contributed by atoms with Crippen molar-refractivity contribution in [1.29, 1.82) is 0 Å². The topological polar surface area (TPSA) is 15.7 Å². The van der Waals surface area contributed by atoms with E-state index < -0.39 is 0 Å². The molecule has 0 saturated carbocycles. The Kier molecular flexibility index (Phi) is 15.0. The molecule has 0 bridgehead atoms. The Balaban J connectivity index is 0. The summed E-state index contributed by atoms with van der Waals surface area (Å²) in [5, 5.41) is 0. The molecule has 0 aliphatic carbocycles. The molecule has 0 atom stereocenters. The third-order valence-electron chi connectivity index (χ3n) is 1.84. The maximum absolute atomic E-state index is 5.43. The number of hydrogen-bond donors (Lipinski definition) is 0. The molecule has 0 aromatic rings. The van der Waals surface area contributed by atoms with E-state index in [1.54, 1.807) is 0 Å². The van der Waals surface area contributed by atoms with E-state index in [-0.39, 0.29) is 0 Å². The normalized spacial score (nSPS) is 10.3. The van der Waals surface area contributed by atoms with E-state index in [1.807, 2.05) is 13.8 Å². The Labute approximate surface area is 90.0 Å². The van der Waals surface area contributed by atoms with Crippen LogP contribution in [0.15, 0.2) is 0 Å². The molecule has 3 nitrogen and oxygen atoms in total. The molecule has 14 heavy (non-hydrogen) atoms. The van der Waals surface area contributed by atoms with Gasteiger partial charge in [-0.2, -0.15) is 0 Å². The molecule has 0 fully saturated rings. The van der Waals surface area contributed by atoms with Gasteiger partial charge < -0.3 is 14.5 Å². The SMILES string of the molecule is CC.CCN(C)CCOCCN(C)C. The molecular formula is C11H28N2O. The maximum atomic E-state index is 5.43. The van der Waals surface area contributed by atoms with Crippen molar-refractivity contribution >= 4 is 0 Å². The Bertz CT molecular complexity index is 97.3. The van der Waals surface area contributed by atoms with E-state index in [0.717, 1.165) is 32.8 Å². The van der Waals surface area contributed by atoms with Crippen LogP contribution in [-0.4, -0.2) is 63.8 Å². The molecule has 0 amide bonds. The summed E-state index contributed by atoms with van der Waals surface area (Å²) >= 11 is 0. The molecule has 0 saturated heterocycles. The smallest absolute Gasteiger partial charge is 0.0593 e. The summed E-state index contributed by atoms with van der Waals surface area (Å²) in [4.78, 5) is 4.37. The maximum Gasteiger partial charge on any atom is 0.0593 e. The minimum Gasteiger partial charge on any atom is -0.379 e. The summed E-state index contributed by atoms with van der Waals surface area (Å²) in [5.41, 5.74) is 0. The summed E-state index contributed by atoms with van der Waals surface area (Å²) in [6, 6.07) is 0. The van der Waals surface area contributed by atoms with Gasteiger partial charge in [0.2, 0.25) is 0 Å². The number of rotatable bonds is 7. The van der Waals surface area contributed by atoms with Crippen LogP contribution < -0.4 is 0 Å². The average Bonchev–Trinajstić information content (AvgIpc) is 2.19. The second-order valence-corrected chi connectivity index (χ2v) is 3.31. The lowest BCUT2D eigenvalue weighted by molar-refractivity contribution is 0.1000. The fraction of sp³-hybridized carbons (Fsp3) is 1.00. The van der Waals surface area contributed by atoms with Crippen LogP contribution in [0.25, 0.3) is 0 Å². The van der Waals surface area contributed by atoms with Gasteiger partial charge in [0.1, 0.15) is 0 Å². The largest absolute Gasteiger partial charge is 0.379 e. The fourth-order valence-electron chi connectivity index (χ4n) is 0.728. The fourth-order valence-corrected chi connectivity index (χ4v) is 0.728. The summed E-state index contributed by atoms with van der Waals surface area (Å²) in [5.74, 6) is 0. The number of ether oxygens (including phenoxy) is 1. The first-order chi connectivity index (χ1) is 6.66. The van der Waals surface area contributed by atoms with Crippen molar-refractivity contribution in [3.8, 4) is 0 Å². The lowest BCUT2D eigenvalue weighted by Gasteiger charge is -2.14. The van der Waals surface area contributed by atoms with Crippen LogP contribution in [0, 0.1) is 0 Å². The van der Waals surface area contributed by atoms with Crippen LogP contribution in [0.2, 0.25) is 0 Å². The second-order valence-electron chi connectivity index (χ2n) is 3.31. The van der Waals surface area contributed by atoms with Gasteiger partial charge in [0.15, 0.2) is 0 Å². The molecule has 3 heteroatoms. The van der Waals surface area contributed by atoms with Gasteiger partial charge in [-0.25, -0.2) is 0 Å². The zero-order valence-electron chi connectivity index (χ0n) is 10.8. The lowest BCUT2D eigenvalue weighted by atomic mass is 10.5. The average molecular weight is 204 g/mol. The zero-order chi connectivity index (χ0) is 11.4. The first kappa shape index (κ1) is 16.3. The van der Waals surface area contributed by atoms with Crippen LogP contribution in [-0.2, 0) is 4.74 Å². The molecule has 88 valence electrons. The molecule has 0 radical (unpaired) electrons. The minimum absolute atomic E-state index is 0.838. The predicted molar refractivity (Wildman–Crippen MR) is 63.9 cm³/mol. The Morgan fingerprint density at radius 1 is 0.929 bits per heavy atom. The van der Waals surface area contributed by atoms with Crippen molar-refractivity contribution in [2.45, 2.75) is 20.8 Å². The third-order valence-corrected chi connectivity index (χ3v) is 1.84. The minimum atomic E-state index is 0.838. The van der Waals surface area contributed by atoms with Crippen LogP contribution in [0.5, 0.6) is 0 Å². The van der Waals surface area contributed by atoms with Crippen LogP contribution in [0.1, 0.15) is 20.8 Å². The van der Waals surface area contributed by atoms with Crippen LogP contribution in [0.4, 0.5) is 0 Å². The van der Waals surface area contributed by atoms with Gasteiger partial charge in [-0.05, 0) is 27.7 Å². The second kappa shape index (κ2) is 12.9. The Morgan fingerprint density at radius 3 is 1.86 bits per heavy atom. The van der Waals surface area contributed by atoms with Gasteiger partial charge in [-0.3, -0.25) is 0 Å². The lowest BCUT2D eigenvalue weighted by Crippen LogP contribution is -2.24. The molecule has 0 heterocycles. The molecule has 0 unspecified atom stereocenters. The summed E-state index contributed by atoms with van der Waals surface area (Å²) in [6.45, 7) is 11.0. The van der Waals surface area contributed by atoms with Gasteiger partial charge in [-0.1, -0.05) is 20.8 Å². The molecule has 0 aromatic carbocycles. The highest BCUT2D eigenvalue weighted by Gasteiger charge is 1.94. The van der Waals surface area contributed by atoms with Crippen molar-refractivity contribution in [2.75, 3.05) is 54.0 Å². The van der Waals surface area contributed by atoms with Gasteiger partial charge in [0.25, 0.3) is 0 Å². The van der Waals surface area contributed by atoms with Gasteiger partial charge in [-0.15, -0.1) is 0 Å². The van der Waals surface area contributed by atoms with E-state index in [4.69, 9.17) is 4.74 Å². The van der Waals surface area contributed by atoms with E-state index in [2.05, 4.69) is 37.9 Å². The first-order valence-corrected chi connectivity index (χ1v) is 5.57. The highest BCUT2D eigenvalue weighted by atomic mass is 16.5. The van der Waals surface area contributed by atoms with Crippen molar-refractivity contribution in [2.24, 2.45) is 0 Å². The van der Waals surface area contributed by atoms with E-state index in [1.165, 1.54) is 0 Å². The zero-order valence-corrected chi connectivity index (χ0v) is 10.8. The van der Waals surface area contributed by atoms with Gasteiger partial charge in [0, 0.05) is 13.1 Å². The van der Waals surface area contributed by atoms with E-state index in [0.29, 0.717) is 0 Å². The molecule has 0 rings (SSSR count). The third kappa shape index (κ3) is 14.4. The standard InChI is InChI=1S/C9H22N2O.C2H6/c1-5-11(4)7-9-12-8-6-10(2)3;1-2/h5-9H2,1-4H3;1-2H3. The van der Waals surface area contributed by atoms with Crippen molar-refractivity contribution in [3.63, 3.8) is 0 Å². The van der Waals surface area contributed by atoms with Gasteiger partial charge >= 0.3 is 0 Å². The summed E-state index contributed by atoms with van der Waals surface area (Å²) < 4.78 is 5.43. The summed E-state index contributed by atoms with van der Waals surface area (Å²) in [7, 11) is 6.22. The Hall–Kier alpha value is -0.120. The number of likely N-dealkylation sites (N-methyl/N-ethyl adjacent to an activating group) is 2. The molecule has 0 aliphatic heterocycles. The molecular weight excluding hydrogens is 176 g/mol. The quantitative estimate of drug-likeness (QED) is 0.585. The van der Waals surface area contributed by atoms with E-state index >= 15 is 0 Å². The van der Waals surface area contributed by atoms with Crippen molar-refractivity contribution in [3.05, 3.63) is 0 Å². The molecule has 0 aromatic heterocycles. The Morgan fingerprint density at radius 2 is 1.43 bits per heavy atom. The monoisotopic (exact) mass is 204 g/mol. The highest BCUT2D eigenvalue weighted by Crippen LogP contribution is 1.83. The van der Waals surface area contributed by atoms with E-state index in [9.17, 15) is 0 Å². The molecule has 0 N–H and O–H groups in total. The number of nitrogens with zero attached hydrogens (tertiary/aromatic N) is 2. The van der Waals surface area contributed by atoms with Gasteiger partial charge in [0.05, 0.1) is 13.2 Å². The van der Waals surface area contributed by atoms with Crippen molar-refractivity contribution < 1.29 is 4.74 Å². The van der Waals surface area contributed by atoms with Crippen LogP contribution >= 0.6 is 0 Å². The first-order valence-electron chi connectivity index (χ1n) is 5.57. The highest BCUT2D eigenvalue weighted by molar-refractivity contribution is 4.46. The van der Waals surface area contributed by atoms with Crippen molar-refractivity contribution in [1.82, 2.24) is 9.80 Å². The predicted octanol–water partition coefficient (Wildman–Crippen LogP) is 1.54.